The molecule has 1 amide bonds. The van der Waals surface area contributed by atoms with Crippen LogP contribution in [0.5, 0.6) is 5.75 Å². The molecule has 1 aromatic heterocycles. The lowest BCUT2D eigenvalue weighted by atomic mass is 9.98. The number of aryl methyl sites for hydroxylation is 1. The van der Waals surface area contributed by atoms with Gasteiger partial charge in [-0.15, -0.1) is 11.3 Å². The number of rotatable bonds is 8. The van der Waals surface area contributed by atoms with Crippen molar-refractivity contribution in [3.05, 3.63) is 80.3 Å². The maximum atomic E-state index is 12.8. The Kier molecular flexibility index (Phi) is 7.44. The Bertz CT molecular complexity index is 1190. The van der Waals surface area contributed by atoms with Gasteiger partial charge in [-0.3, -0.25) is 14.5 Å². The number of methoxy groups -OCH3 is 1. The molecule has 0 radical (unpaired) electrons. The van der Waals surface area contributed by atoms with Gasteiger partial charge < -0.3 is 10.1 Å². The first-order chi connectivity index (χ1) is 16.3. The second-order valence-electron chi connectivity index (χ2n) is 8.90. The normalized spacial score (nSPS) is 14.4. The van der Waals surface area contributed by atoms with Gasteiger partial charge in [-0.1, -0.05) is 36.4 Å². The zero-order valence-electron chi connectivity index (χ0n) is 20.2. The highest BCUT2D eigenvalue weighted by Gasteiger charge is 2.20. The third kappa shape index (κ3) is 5.54. The fraction of sp³-hybridized carbons (Fsp3) is 0.370. The first-order valence-corrected chi connectivity index (χ1v) is 12.4. The van der Waals surface area contributed by atoms with Crippen LogP contribution < -0.4 is 10.1 Å². The first kappa shape index (κ1) is 24.1. The Morgan fingerprint density at radius 1 is 1.21 bits per heavy atom. The molecule has 4 rings (SSSR count). The Morgan fingerprint density at radius 3 is 2.68 bits per heavy atom. The Hall–Kier alpha value is -3.03. The molecule has 7 heteroatoms. The van der Waals surface area contributed by atoms with Crippen molar-refractivity contribution < 1.29 is 14.3 Å². The number of Topliss-reactive ketones (excluding diaryl/α,β-unsaturated/α-hetero) is 1. The van der Waals surface area contributed by atoms with Crippen molar-refractivity contribution in [2.24, 2.45) is 0 Å². The number of hydrogen-bond acceptors (Lipinski definition) is 6. The van der Waals surface area contributed by atoms with E-state index in [4.69, 9.17) is 4.74 Å². The van der Waals surface area contributed by atoms with Crippen LogP contribution in [0.25, 0.3) is 0 Å². The zero-order valence-corrected chi connectivity index (χ0v) is 21.0. The Balaban J connectivity index is 1.35. The molecule has 3 aromatic rings. The van der Waals surface area contributed by atoms with Gasteiger partial charge in [0.15, 0.2) is 0 Å². The number of ketones is 1. The molecule has 1 atom stereocenters. The summed E-state index contributed by atoms with van der Waals surface area (Å²) in [6, 6.07) is 14.6. The van der Waals surface area contributed by atoms with E-state index in [-0.39, 0.29) is 24.2 Å². The molecule has 0 spiro atoms. The van der Waals surface area contributed by atoms with Gasteiger partial charge >= 0.3 is 0 Å². The van der Waals surface area contributed by atoms with E-state index in [1.165, 1.54) is 35.0 Å². The van der Waals surface area contributed by atoms with Gasteiger partial charge in [0.2, 0.25) is 0 Å². The minimum Gasteiger partial charge on any atom is -0.496 e. The predicted octanol–water partition coefficient (Wildman–Crippen LogP) is 4.64. The number of amides is 1. The molecular weight excluding hydrogens is 446 g/mol. The summed E-state index contributed by atoms with van der Waals surface area (Å²) in [5.41, 5.74) is 5.63. The number of fused-ring (bicyclic) bond motifs is 1. The molecule has 0 fully saturated rings. The van der Waals surface area contributed by atoms with Crippen LogP contribution in [0.4, 0.5) is 0 Å². The molecule has 1 aliphatic rings. The maximum Gasteiger partial charge on any atom is 0.263 e. The average Bonchev–Trinajstić information content (AvgIpc) is 3.18. The van der Waals surface area contributed by atoms with Crippen molar-refractivity contribution in [1.82, 2.24) is 15.2 Å². The molecule has 178 valence electrons. The van der Waals surface area contributed by atoms with Gasteiger partial charge in [-0.05, 0) is 55.5 Å². The van der Waals surface area contributed by atoms with Gasteiger partial charge in [0.1, 0.15) is 21.4 Å². The number of carbonyl (C=O) groups excluding carboxylic acids is 2. The Labute approximate surface area is 205 Å². The largest absolute Gasteiger partial charge is 0.496 e. The van der Waals surface area contributed by atoms with Crippen LogP contribution in [-0.2, 0) is 30.7 Å². The number of hydrogen-bond donors (Lipinski definition) is 1. The highest BCUT2D eigenvalue weighted by atomic mass is 32.1. The predicted molar refractivity (Wildman–Crippen MR) is 134 cm³/mol. The van der Waals surface area contributed by atoms with E-state index >= 15 is 0 Å². The van der Waals surface area contributed by atoms with E-state index in [0.29, 0.717) is 15.6 Å². The van der Waals surface area contributed by atoms with Crippen molar-refractivity contribution in [2.75, 3.05) is 13.7 Å². The molecule has 0 bridgehead atoms. The lowest BCUT2D eigenvalue weighted by Gasteiger charge is -2.29. The van der Waals surface area contributed by atoms with Crippen molar-refractivity contribution in [1.29, 1.82) is 0 Å². The molecule has 34 heavy (non-hydrogen) atoms. The van der Waals surface area contributed by atoms with Crippen LogP contribution in [0, 0.1) is 6.92 Å². The molecule has 1 aliphatic heterocycles. The fourth-order valence-corrected chi connectivity index (χ4v) is 5.46. The lowest BCUT2D eigenvalue weighted by Crippen LogP contribution is -2.30. The number of thiazole rings is 1. The molecule has 0 saturated heterocycles. The minimum atomic E-state index is -0.149. The molecule has 2 heterocycles. The van der Waals surface area contributed by atoms with Crippen LogP contribution in [0.15, 0.2) is 42.5 Å². The zero-order chi connectivity index (χ0) is 24.2. The van der Waals surface area contributed by atoms with Crippen LogP contribution in [-0.4, -0.2) is 35.2 Å². The summed E-state index contributed by atoms with van der Waals surface area (Å²) in [6.07, 6.45) is 1.26. The fourth-order valence-electron chi connectivity index (χ4n) is 4.43. The van der Waals surface area contributed by atoms with Gasteiger partial charge in [0, 0.05) is 19.6 Å². The van der Waals surface area contributed by atoms with Crippen LogP contribution in [0.3, 0.4) is 0 Å². The standard InChI is InChI=1S/C27H31N3O3S/c1-17(31)14-25-28-19(3)26(34-25)27(32)29-18(2)21-10-8-20(9-11-21)15-30-13-12-23-22(16-30)6-5-7-24(23)33-4/h5-11,18H,12-16H2,1-4H3,(H,29,32)/t18-/m0/s1. The lowest BCUT2D eigenvalue weighted by molar-refractivity contribution is -0.116. The number of nitrogens with zero attached hydrogens (tertiary/aromatic N) is 2. The van der Waals surface area contributed by atoms with Gasteiger partial charge in [-0.25, -0.2) is 4.98 Å². The molecular formula is C27H31N3O3S. The van der Waals surface area contributed by atoms with E-state index in [0.717, 1.165) is 37.4 Å². The second-order valence-corrected chi connectivity index (χ2v) is 9.98. The molecule has 6 nitrogen and oxygen atoms in total. The van der Waals surface area contributed by atoms with Gasteiger partial charge in [-0.2, -0.15) is 0 Å². The van der Waals surface area contributed by atoms with Crippen molar-refractivity contribution in [3.8, 4) is 5.75 Å². The molecule has 0 unspecified atom stereocenters. The van der Waals surface area contributed by atoms with E-state index in [1.807, 2.05) is 19.9 Å². The van der Waals surface area contributed by atoms with Gasteiger partial charge in [0.05, 0.1) is 25.3 Å². The van der Waals surface area contributed by atoms with E-state index in [2.05, 4.69) is 51.6 Å². The highest BCUT2D eigenvalue weighted by molar-refractivity contribution is 7.13. The summed E-state index contributed by atoms with van der Waals surface area (Å²) in [7, 11) is 1.73. The minimum absolute atomic E-state index is 0.0441. The van der Waals surface area contributed by atoms with Crippen LogP contribution >= 0.6 is 11.3 Å². The van der Waals surface area contributed by atoms with E-state index in [9.17, 15) is 9.59 Å². The number of aromatic nitrogens is 1. The summed E-state index contributed by atoms with van der Waals surface area (Å²) in [6.45, 7) is 8.13. The molecule has 2 aromatic carbocycles. The van der Waals surface area contributed by atoms with Crippen LogP contribution in [0.1, 0.15) is 62.5 Å². The molecule has 0 aliphatic carbocycles. The summed E-state index contributed by atoms with van der Waals surface area (Å²) in [5, 5.41) is 3.75. The number of nitrogens with one attached hydrogen (secondary N) is 1. The third-order valence-electron chi connectivity index (χ3n) is 6.20. The smallest absolute Gasteiger partial charge is 0.263 e. The van der Waals surface area contributed by atoms with Gasteiger partial charge in [0.25, 0.3) is 5.91 Å². The third-order valence-corrected chi connectivity index (χ3v) is 7.36. The highest BCUT2D eigenvalue weighted by Crippen LogP contribution is 2.28. The van der Waals surface area contributed by atoms with Crippen molar-refractivity contribution in [3.63, 3.8) is 0 Å². The topological polar surface area (TPSA) is 71.5 Å². The van der Waals surface area contributed by atoms with E-state index < -0.39 is 0 Å². The number of benzene rings is 2. The number of carbonyl (C=O) groups is 2. The molecule has 1 N–H and O–H groups in total. The average molecular weight is 478 g/mol. The summed E-state index contributed by atoms with van der Waals surface area (Å²) < 4.78 is 5.52. The molecule has 0 saturated carbocycles. The SMILES string of the molecule is COc1cccc2c1CCN(Cc1ccc([C@H](C)NC(=O)c3sc(CC(C)=O)nc3C)cc1)C2. The monoisotopic (exact) mass is 477 g/mol. The van der Waals surface area contributed by atoms with Crippen molar-refractivity contribution >= 4 is 23.0 Å². The summed E-state index contributed by atoms with van der Waals surface area (Å²) in [4.78, 5) is 31.5. The quantitative estimate of drug-likeness (QED) is 0.512. The second kappa shape index (κ2) is 10.5. The first-order valence-electron chi connectivity index (χ1n) is 11.6. The number of ether oxygens (including phenoxy) is 1. The van der Waals surface area contributed by atoms with E-state index in [1.54, 1.807) is 7.11 Å². The summed E-state index contributed by atoms with van der Waals surface area (Å²) >= 11 is 1.30. The summed E-state index contributed by atoms with van der Waals surface area (Å²) in [5.74, 6) is 0.882. The maximum absolute atomic E-state index is 12.8. The van der Waals surface area contributed by atoms with Crippen LogP contribution in [0.2, 0.25) is 0 Å². The van der Waals surface area contributed by atoms with Crippen molar-refractivity contribution in [2.45, 2.75) is 52.7 Å². The Morgan fingerprint density at radius 2 is 1.97 bits per heavy atom.